The lowest BCUT2D eigenvalue weighted by molar-refractivity contribution is 1.22. The topological polar surface area (TPSA) is 0 Å². The first-order chi connectivity index (χ1) is 12.8. The van der Waals surface area contributed by atoms with Crippen LogP contribution in [0.25, 0.3) is 22.3 Å². The lowest BCUT2D eigenvalue weighted by Crippen LogP contribution is -2.02. The first-order valence-electron chi connectivity index (χ1n) is 10.1. The van der Waals surface area contributed by atoms with Gasteiger partial charge in [-0.25, -0.2) is 0 Å². The fourth-order valence-corrected chi connectivity index (χ4v) is 4.18. The highest BCUT2D eigenvalue weighted by Crippen LogP contribution is 2.42. The highest BCUT2D eigenvalue weighted by atomic mass is 14.2. The van der Waals surface area contributed by atoms with E-state index < -0.39 is 0 Å². The minimum atomic E-state index is 1.34. The van der Waals surface area contributed by atoms with E-state index in [1.807, 2.05) is 13.8 Å². The third kappa shape index (κ3) is 3.72. The van der Waals surface area contributed by atoms with Crippen molar-refractivity contribution in [1.82, 2.24) is 0 Å². The SMILES string of the molecule is CC.Cc1ccccc1-c1c(C)c(C)c(C)c(-c2c(C)cccc2C)c1C. The summed E-state index contributed by atoms with van der Waals surface area (Å²) in [5.41, 5.74) is 15.2. The number of aryl methyl sites for hydroxylation is 3. The van der Waals surface area contributed by atoms with Gasteiger partial charge in [0, 0.05) is 0 Å². The van der Waals surface area contributed by atoms with E-state index in [1.54, 1.807) is 0 Å². The molecule has 0 saturated heterocycles. The summed E-state index contributed by atoms with van der Waals surface area (Å²) in [7, 11) is 0. The molecule has 0 unspecified atom stereocenters. The van der Waals surface area contributed by atoms with Crippen LogP contribution in [-0.4, -0.2) is 0 Å². The van der Waals surface area contributed by atoms with E-state index in [1.165, 1.54) is 61.2 Å². The van der Waals surface area contributed by atoms with Gasteiger partial charge in [0.25, 0.3) is 0 Å². The van der Waals surface area contributed by atoms with Crippen LogP contribution in [0, 0.1) is 48.5 Å². The summed E-state index contributed by atoms with van der Waals surface area (Å²) in [6, 6.07) is 15.3. The maximum atomic E-state index is 2.29. The van der Waals surface area contributed by atoms with Crippen LogP contribution in [0.1, 0.15) is 52.8 Å². The predicted molar refractivity (Wildman–Crippen MR) is 122 cm³/mol. The minimum Gasteiger partial charge on any atom is -0.0683 e. The van der Waals surface area contributed by atoms with Crippen molar-refractivity contribution in [3.05, 3.63) is 81.4 Å². The number of benzene rings is 3. The van der Waals surface area contributed by atoms with Crippen LogP contribution in [-0.2, 0) is 0 Å². The molecule has 0 aliphatic heterocycles. The molecule has 3 aromatic carbocycles. The van der Waals surface area contributed by atoms with Gasteiger partial charge in [0.15, 0.2) is 0 Å². The Balaban J connectivity index is 0.00000126. The second-order valence-electron chi connectivity index (χ2n) is 7.33. The van der Waals surface area contributed by atoms with E-state index in [4.69, 9.17) is 0 Å². The van der Waals surface area contributed by atoms with Crippen LogP contribution in [0.15, 0.2) is 42.5 Å². The van der Waals surface area contributed by atoms with Gasteiger partial charge in [-0.05, 0) is 110 Å². The highest BCUT2D eigenvalue weighted by Gasteiger charge is 2.20. The molecule has 27 heavy (non-hydrogen) atoms. The van der Waals surface area contributed by atoms with Crippen molar-refractivity contribution in [3.8, 4) is 22.3 Å². The van der Waals surface area contributed by atoms with E-state index in [-0.39, 0.29) is 0 Å². The van der Waals surface area contributed by atoms with Crippen molar-refractivity contribution in [3.63, 3.8) is 0 Å². The summed E-state index contributed by atoms with van der Waals surface area (Å²) in [5.74, 6) is 0. The molecule has 0 aliphatic carbocycles. The second-order valence-corrected chi connectivity index (χ2v) is 7.33. The molecule has 0 nitrogen and oxygen atoms in total. The minimum absolute atomic E-state index is 1.34. The summed E-state index contributed by atoms with van der Waals surface area (Å²) in [4.78, 5) is 0. The van der Waals surface area contributed by atoms with Crippen LogP contribution in [0.3, 0.4) is 0 Å². The molecule has 0 bridgehead atoms. The molecule has 0 aromatic heterocycles. The molecule has 0 N–H and O–H groups in total. The molecular weight excluding hydrogens is 324 g/mol. The second kappa shape index (κ2) is 8.57. The average Bonchev–Trinajstić information content (AvgIpc) is 2.65. The van der Waals surface area contributed by atoms with E-state index in [0.29, 0.717) is 0 Å². The number of hydrogen-bond acceptors (Lipinski definition) is 0. The molecule has 0 spiro atoms. The molecule has 3 aromatic rings. The highest BCUT2D eigenvalue weighted by molar-refractivity contribution is 5.87. The van der Waals surface area contributed by atoms with Gasteiger partial charge < -0.3 is 0 Å². The average molecular weight is 359 g/mol. The zero-order chi connectivity index (χ0) is 20.3. The van der Waals surface area contributed by atoms with Gasteiger partial charge in [-0.3, -0.25) is 0 Å². The predicted octanol–water partition coefficient (Wildman–Crippen LogP) is 8.21. The van der Waals surface area contributed by atoms with E-state index in [0.717, 1.165) is 0 Å². The quantitative estimate of drug-likeness (QED) is 0.433. The molecule has 3 rings (SSSR count). The van der Waals surface area contributed by atoms with Gasteiger partial charge in [0.05, 0.1) is 0 Å². The largest absolute Gasteiger partial charge is 0.0683 e. The Morgan fingerprint density at radius 2 is 0.889 bits per heavy atom. The molecule has 142 valence electrons. The van der Waals surface area contributed by atoms with E-state index in [2.05, 4.69) is 90.9 Å². The van der Waals surface area contributed by atoms with Crippen LogP contribution >= 0.6 is 0 Å². The van der Waals surface area contributed by atoms with E-state index in [9.17, 15) is 0 Å². The third-order valence-corrected chi connectivity index (χ3v) is 5.77. The van der Waals surface area contributed by atoms with Crippen molar-refractivity contribution in [2.45, 2.75) is 62.3 Å². The fourth-order valence-electron chi connectivity index (χ4n) is 4.18. The maximum Gasteiger partial charge on any atom is -0.0111 e. The van der Waals surface area contributed by atoms with Crippen molar-refractivity contribution in [2.24, 2.45) is 0 Å². The molecule has 0 fully saturated rings. The van der Waals surface area contributed by atoms with Crippen LogP contribution in [0.2, 0.25) is 0 Å². The third-order valence-electron chi connectivity index (χ3n) is 5.77. The van der Waals surface area contributed by atoms with E-state index >= 15 is 0 Å². The van der Waals surface area contributed by atoms with Gasteiger partial charge in [0.1, 0.15) is 0 Å². The Morgan fingerprint density at radius 1 is 0.407 bits per heavy atom. The van der Waals surface area contributed by atoms with Gasteiger partial charge in [-0.1, -0.05) is 56.3 Å². The molecule has 0 saturated carbocycles. The first kappa shape index (κ1) is 21.0. The van der Waals surface area contributed by atoms with Gasteiger partial charge >= 0.3 is 0 Å². The van der Waals surface area contributed by atoms with Gasteiger partial charge in [0.2, 0.25) is 0 Å². The summed E-state index contributed by atoms with van der Waals surface area (Å²) >= 11 is 0. The van der Waals surface area contributed by atoms with Crippen LogP contribution in [0.4, 0.5) is 0 Å². The molecule has 0 radical (unpaired) electrons. The summed E-state index contributed by atoms with van der Waals surface area (Å²) < 4.78 is 0. The Hall–Kier alpha value is -2.34. The lowest BCUT2D eigenvalue weighted by atomic mass is 9.80. The van der Waals surface area contributed by atoms with Crippen LogP contribution in [0.5, 0.6) is 0 Å². The fraction of sp³-hybridized carbons (Fsp3) is 0.333. The Bertz CT molecular complexity index is 938. The number of hydrogen-bond donors (Lipinski definition) is 0. The lowest BCUT2D eigenvalue weighted by Gasteiger charge is -2.24. The molecule has 0 heterocycles. The van der Waals surface area contributed by atoms with Gasteiger partial charge in [-0.15, -0.1) is 0 Å². The normalized spacial score (nSPS) is 10.4. The van der Waals surface area contributed by atoms with Crippen molar-refractivity contribution in [2.75, 3.05) is 0 Å². The monoisotopic (exact) mass is 358 g/mol. The maximum absolute atomic E-state index is 2.29. The summed E-state index contributed by atoms with van der Waals surface area (Å²) in [6.45, 7) is 19.8. The number of rotatable bonds is 2. The zero-order valence-corrected chi connectivity index (χ0v) is 18.5. The summed E-state index contributed by atoms with van der Waals surface area (Å²) in [5, 5.41) is 0. The zero-order valence-electron chi connectivity index (χ0n) is 18.5. The molecule has 0 atom stereocenters. The molecule has 0 aliphatic rings. The van der Waals surface area contributed by atoms with Crippen molar-refractivity contribution < 1.29 is 0 Å². The Morgan fingerprint density at radius 3 is 1.44 bits per heavy atom. The van der Waals surface area contributed by atoms with Gasteiger partial charge in [-0.2, -0.15) is 0 Å². The Kier molecular flexibility index (Phi) is 6.65. The van der Waals surface area contributed by atoms with Crippen LogP contribution < -0.4 is 0 Å². The van der Waals surface area contributed by atoms with Crippen molar-refractivity contribution >= 4 is 0 Å². The van der Waals surface area contributed by atoms with Crippen molar-refractivity contribution in [1.29, 1.82) is 0 Å². The molecule has 0 amide bonds. The molecular formula is C27H34. The Labute approximate surface area is 166 Å². The summed E-state index contributed by atoms with van der Waals surface area (Å²) in [6.07, 6.45) is 0. The first-order valence-corrected chi connectivity index (χ1v) is 10.1. The smallest absolute Gasteiger partial charge is 0.0111 e. The standard InChI is InChI=1S/C25H28.C2H6/c1-15-11-8-9-14-22(15)24-19(5)18(4)20(6)25(21(24)7)23-16(2)12-10-13-17(23)3;1-2/h8-14H,1-7H3;1-2H3. The molecule has 0 heteroatoms.